The van der Waals surface area contributed by atoms with Crippen LogP contribution in [0.4, 0.5) is 0 Å². The summed E-state index contributed by atoms with van der Waals surface area (Å²) in [7, 11) is 0. The van der Waals surface area contributed by atoms with Gasteiger partial charge in [0.1, 0.15) is 0 Å². The van der Waals surface area contributed by atoms with E-state index in [2.05, 4.69) is 0 Å². The molecule has 0 unspecified atom stereocenters. The molecule has 0 saturated carbocycles. The summed E-state index contributed by atoms with van der Waals surface area (Å²) in [6.07, 6.45) is 0.560. The van der Waals surface area contributed by atoms with E-state index in [-0.39, 0.29) is 35.9 Å². The molecule has 0 aliphatic carbocycles. The number of aromatic nitrogens is 1. The Morgan fingerprint density at radius 3 is 2.50 bits per heavy atom. The molecular weight excluding hydrogens is 405 g/mol. The molecule has 0 radical (unpaired) electrons. The van der Waals surface area contributed by atoms with Crippen molar-refractivity contribution < 1.29 is 18.7 Å². The number of hydrogen-bond donors (Lipinski definition) is 0. The SMILES string of the molecule is CCOC(=O)CCCn1c(=O)oc2c(C(=O)c3ccc(Cl)cc3)cc(Cl)cc21. The third kappa shape index (κ3) is 4.29. The zero-order chi connectivity index (χ0) is 20.3. The molecule has 8 heteroatoms. The maximum Gasteiger partial charge on any atom is 0.419 e. The van der Waals surface area contributed by atoms with Crippen LogP contribution in [0.5, 0.6) is 0 Å². The predicted octanol–water partition coefficient (Wildman–Crippen LogP) is 4.48. The second kappa shape index (κ2) is 8.63. The molecule has 0 aliphatic heterocycles. The third-order valence-electron chi connectivity index (χ3n) is 4.15. The predicted molar refractivity (Wildman–Crippen MR) is 106 cm³/mol. The normalized spacial score (nSPS) is 11.0. The zero-order valence-corrected chi connectivity index (χ0v) is 16.5. The summed E-state index contributed by atoms with van der Waals surface area (Å²) in [5, 5.41) is 0.803. The molecule has 0 bridgehead atoms. The highest BCUT2D eigenvalue weighted by atomic mass is 35.5. The number of halogens is 2. The van der Waals surface area contributed by atoms with Gasteiger partial charge in [-0.05, 0) is 49.7 Å². The van der Waals surface area contributed by atoms with Crippen LogP contribution in [0.2, 0.25) is 10.0 Å². The van der Waals surface area contributed by atoms with Gasteiger partial charge in [0.15, 0.2) is 11.4 Å². The average Bonchev–Trinajstić information content (AvgIpc) is 2.97. The van der Waals surface area contributed by atoms with Crippen LogP contribution in [0.25, 0.3) is 11.1 Å². The summed E-state index contributed by atoms with van der Waals surface area (Å²) >= 11 is 12.1. The molecule has 0 fully saturated rings. The average molecular weight is 422 g/mol. The van der Waals surface area contributed by atoms with Gasteiger partial charge in [-0.25, -0.2) is 4.79 Å². The van der Waals surface area contributed by atoms with Crippen LogP contribution >= 0.6 is 23.2 Å². The van der Waals surface area contributed by atoms with Crippen LogP contribution in [0, 0.1) is 0 Å². The Hall–Kier alpha value is -2.57. The Balaban J connectivity index is 1.95. The summed E-state index contributed by atoms with van der Waals surface area (Å²) in [6, 6.07) is 9.41. The fourth-order valence-electron chi connectivity index (χ4n) is 2.88. The molecule has 1 aromatic heterocycles. The van der Waals surface area contributed by atoms with E-state index in [1.54, 1.807) is 37.3 Å². The van der Waals surface area contributed by atoms with Crippen molar-refractivity contribution in [2.45, 2.75) is 26.3 Å². The van der Waals surface area contributed by atoms with Crippen LogP contribution in [-0.2, 0) is 16.1 Å². The van der Waals surface area contributed by atoms with Crippen molar-refractivity contribution >= 4 is 46.1 Å². The summed E-state index contributed by atoms with van der Waals surface area (Å²) in [5.74, 6) is -1.29. The summed E-state index contributed by atoms with van der Waals surface area (Å²) in [6.45, 7) is 2.27. The first-order chi connectivity index (χ1) is 13.4. The van der Waals surface area contributed by atoms with Crippen molar-refractivity contribution in [1.29, 1.82) is 0 Å². The van der Waals surface area contributed by atoms with E-state index in [4.69, 9.17) is 32.4 Å². The Morgan fingerprint density at radius 1 is 1.11 bits per heavy atom. The minimum Gasteiger partial charge on any atom is -0.466 e. The van der Waals surface area contributed by atoms with E-state index < -0.39 is 5.76 Å². The van der Waals surface area contributed by atoms with Crippen molar-refractivity contribution in [2.75, 3.05) is 6.61 Å². The molecule has 0 aliphatic rings. The van der Waals surface area contributed by atoms with Crippen molar-refractivity contribution in [2.24, 2.45) is 0 Å². The van der Waals surface area contributed by atoms with E-state index in [9.17, 15) is 14.4 Å². The molecular formula is C20H17Cl2NO5. The number of hydrogen-bond acceptors (Lipinski definition) is 5. The van der Waals surface area contributed by atoms with Gasteiger partial charge in [-0.15, -0.1) is 0 Å². The molecule has 1 heterocycles. The molecule has 0 saturated heterocycles. The molecule has 0 atom stereocenters. The summed E-state index contributed by atoms with van der Waals surface area (Å²) in [5.41, 5.74) is 1.14. The van der Waals surface area contributed by atoms with Gasteiger partial charge in [0.2, 0.25) is 0 Å². The van der Waals surface area contributed by atoms with E-state index in [1.807, 2.05) is 0 Å². The smallest absolute Gasteiger partial charge is 0.419 e. The van der Waals surface area contributed by atoms with Crippen molar-refractivity contribution in [3.8, 4) is 0 Å². The molecule has 0 amide bonds. The zero-order valence-electron chi connectivity index (χ0n) is 15.0. The van der Waals surface area contributed by atoms with Gasteiger partial charge in [0.05, 0.1) is 17.7 Å². The Bertz CT molecular complexity index is 1080. The van der Waals surface area contributed by atoms with Crippen LogP contribution in [-0.4, -0.2) is 22.9 Å². The van der Waals surface area contributed by atoms with Crippen LogP contribution in [0.3, 0.4) is 0 Å². The third-order valence-corrected chi connectivity index (χ3v) is 4.62. The standard InChI is InChI=1S/C20H17Cl2NO5/c1-2-27-17(24)4-3-9-23-16-11-14(22)10-15(19(16)28-20(23)26)18(25)12-5-7-13(21)8-6-12/h5-8,10-11H,2-4,9H2,1H3. The van der Waals surface area contributed by atoms with Gasteiger partial charge in [-0.3, -0.25) is 14.2 Å². The first-order valence-electron chi connectivity index (χ1n) is 8.69. The second-order valence-electron chi connectivity index (χ2n) is 6.07. The summed E-state index contributed by atoms with van der Waals surface area (Å²) in [4.78, 5) is 36.7. The van der Waals surface area contributed by atoms with Gasteiger partial charge >= 0.3 is 11.7 Å². The first kappa shape index (κ1) is 20.2. The van der Waals surface area contributed by atoms with Gasteiger partial charge < -0.3 is 9.15 Å². The number of carbonyl (C=O) groups excluding carboxylic acids is 2. The largest absolute Gasteiger partial charge is 0.466 e. The number of fused-ring (bicyclic) bond motifs is 1. The molecule has 0 N–H and O–H groups in total. The molecule has 28 heavy (non-hydrogen) atoms. The molecule has 0 spiro atoms. The maximum absolute atomic E-state index is 12.9. The minimum absolute atomic E-state index is 0.158. The fourth-order valence-corrected chi connectivity index (χ4v) is 3.22. The monoisotopic (exact) mass is 421 g/mol. The Kier molecular flexibility index (Phi) is 6.21. The molecule has 3 aromatic rings. The van der Waals surface area contributed by atoms with E-state index >= 15 is 0 Å². The second-order valence-corrected chi connectivity index (χ2v) is 6.94. The number of rotatable bonds is 7. The molecule has 3 rings (SSSR count). The number of ether oxygens (including phenoxy) is 1. The topological polar surface area (TPSA) is 78.5 Å². The van der Waals surface area contributed by atoms with E-state index in [0.29, 0.717) is 34.2 Å². The van der Waals surface area contributed by atoms with E-state index in [1.165, 1.54) is 10.6 Å². The van der Waals surface area contributed by atoms with Crippen LogP contribution < -0.4 is 5.76 Å². The lowest BCUT2D eigenvalue weighted by Crippen LogP contribution is -2.15. The number of aryl methyl sites for hydroxylation is 1. The van der Waals surface area contributed by atoms with Gasteiger partial charge in [-0.1, -0.05) is 23.2 Å². The minimum atomic E-state index is -0.619. The lowest BCUT2D eigenvalue weighted by atomic mass is 10.0. The van der Waals surface area contributed by atoms with Crippen LogP contribution in [0.15, 0.2) is 45.6 Å². The lowest BCUT2D eigenvalue weighted by Gasteiger charge is -2.05. The Morgan fingerprint density at radius 2 is 1.82 bits per heavy atom. The number of ketones is 1. The maximum atomic E-state index is 12.9. The van der Waals surface area contributed by atoms with Crippen molar-refractivity contribution in [3.63, 3.8) is 0 Å². The van der Waals surface area contributed by atoms with Gasteiger partial charge in [0.25, 0.3) is 0 Å². The number of carbonyl (C=O) groups is 2. The van der Waals surface area contributed by atoms with Crippen molar-refractivity contribution in [3.05, 3.63) is 68.1 Å². The number of benzene rings is 2. The highest BCUT2D eigenvalue weighted by molar-refractivity contribution is 6.32. The highest BCUT2D eigenvalue weighted by Crippen LogP contribution is 2.26. The number of oxazole rings is 1. The van der Waals surface area contributed by atoms with Gasteiger partial charge in [0, 0.05) is 28.6 Å². The number of nitrogens with zero attached hydrogens (tertiary/aromatic N) is 1. The first-order valence-corrected chi connectivity index (χ1v) is 9.45. The molecule has 6 nitrogen and oxygen atoms in total. The van der Waals surface area contributed by atoms with Gasteiger partial charge in [-0.2, -0.15) is 0 Å². The highest BCUT2D eigenvalue weighted by Gasteiger charge is 2.20. The quantitative estimate of drug-likeness (QED) is 0.415. The van der Waals surface area contributed by atoms with E-state index in [0.717, 1.165) is 0 Å². The van der Waals surface area contributed by atoms with Crippen LogP contribution in [0.1, 0.15) is 35.7 Å². The number of esters is 1. The molecule has 2 aromatic carbocycles. The lowest BCUT2D eigenvalue weighted by molar-refractivity contribution is -0.143. The molecule has 146 valence electrons. The Labute approximate surface area is 170 Å². The van der Waals surface area contributed by atoms with Crippen molar-refractivity contribution in [1.82, 2.24) is 4.57 Å². The fraction of sp³-hybridized carbons (Fsp3) is 0.250. The summed E-state index contributed by atoms with van der Waals surface area (Å²) < 4.78 is 11.6.